The van der Waals surface area contributed by atoms with Crippen LogP contribution in [0.2, 0.25) is 18.1 Å². The second-order valence-corrected chi connectivity index (χ2v) is 13.9. The molecule has 0 radical (unpaired) electrons. The summed E-state index contributed by atoms with van der Waals surface area (Å²) in [6.07, 6.45) is 5.85. The summed E-state index contributed by atoms with van der Waals surface area (Å²) in [5.41, 5.74) is 2.29. The van der Waals surface area contributed by atoms with Crippen molar-refractivity contribution in [3.63, 3.8) is 0 Å². The molecule has 6 heteroatoms. The molecule has 0 N–H and O–H groups in total. The maximum absolute atomic E-state index is 12.6. The number of rotatable bonds is 11. The maximum atomic E-state index is 12.6. The Morgan fingerprint density at radius 3 is 2.48 bits per heavy atom. The van der Waals surface area contributed by atoms with Gasteiger partial charge in [-0.05, 0) is 57.3 Å². The molecule has 1 aliphatic rings. The van der Waals surface area contributed by atoms with E-state index in [2.05, 4.69) is 40.4 Å². The molecule has 0 aromatic rings. The van der Waals surface area contributed by atoms with Gasteiger partial charge in [-0.25, -0.2) is 9.59 Å². The van der Waals surface area contributed by atoms with Crippen LogP contribution in [0.3, 0.4) is 0 Å². The van der Waals surface area contributed by atoms with Crippen LogP contribution in [-0.2, 0) is 23.5 Å². The number of cyclic esters (lactones) is 1. The monoisotopic (exact) mass is 422 g/mol. The van der Waals surface area contributed by atoms with Gasteiger partial charge in [0.05, 0.1) is 12.7 Å². The molecular formula is C23H38O5Si. The van der Waals surface area contributed by atoms with E-state index in [-0.39, 0.29) is 23.1 Å². The van der Waals surface area contributed by atoms with Crippen LogP contribution in [0.1, 0.15) is 60.3 Å². The number of esters is 2. The molecule has 0 saturated heterocycles. The van der Waals surface area contributed by atoms with E-state index >= 15 is 0 Å². The van der Waals surface area contributed by atoms with Crippen LogP contribution in [0.25, 0.3) is 0 Å². The third-order valence-corrected chi connectivity index (χ3v) is 9.97. The predicted molar refractivity (Wildman–Crippen MR) is 119 cm³/mol. The minimum Gasteiger partial charge on any atom is -0.463 e. The number of allylic oxidation sites excluding steroid dienone is 1. The molecule has 0 aromatic carbocycles. The summed E-state index contributed by atoms with van der Waals surface area (Å²) in [7, 11) is -2.01. The third-order valence-electron chi connectivity index (χ3n) is 5.44. The SMILES string of the molecule is C=C(C)C[C@@H](C/C(=C/CCC1=CCOC1=O)C(=O)OCC)O[Si](C)(C)C(C)(C)C. The predicted octanol–water partition coefficient (Wildman–Crippen LogP) is 5.49. The van der Waals surface area contributed by atoms with Gasteiger partial charge in [0.1, 0.15) is 6.61 Å². The van der Waals surface area contributed by atoms with Crippen molar-refractivity contribution in [2.45, 2.75) is 84.5 Å². The lowest BCUT2D eigenvalue weighted by molar-refractivity contribution is -0.139. The van der Waals surface area contributed by atoms with Gasteiger partial charge in [-0.3, -0.25) is 0 Å². The van der Waals surface area contributed by atoms with Gasteiger partial charge in [-0.15, -0.1) is 6.58 Å². The number of hydrogen-bond acceptors (Lipinski definition) is 5. The zero-order valence-corrected chi connectivity index (χ0v) is 20.2. The second kappa shape index (κ2) is 10.9. The average Bonchev–Trinajstić information content (AvgIpc) is 2.97. The Kier molecular flexibility index (Phi) is 9.56. The van der Waals surface area contributed by atoms with Crippen molar-refractivity contribution in [2.24, 2.45) is 0 Å². The first-order valence-corrected chi connectivity index (χ1v) is 13.3. The second-order valence-electron chi connectivity index (χ2n) is 9.18. The largest absolute Gasteiger partial charge is 0.463 e. The first-order chi connectivity index (χ1) is 13.4. The minimum absolute atomic E-state index is 0.0729. The standard InChI is InChI=1S/C23H38O5Si/c1-9-26-22(25)19(12-10-11-18-13-14-27-21(18)24)16-20(15-17(2)3)28-29(7,8)23(4,5)6/h12-13,20H,2,9-11,14-16H2,1,3-8H3/b19-12-/t20-/m0/s1. The molecule has 0 bridgehead atoms. The molecule has 1 rings (SSSR count). The molecule has 1 aliphatic heterocycles. The molecule has 1 atom stereocenters. The van der Waals surface area contributed by atoms with Gasteiger partial charge in [-0.2, -0.15) is 0 Å². The summed E-state index contributed by atoms with van der Waals surface area (Å²) in [5, 5.41) is 0.0729. The van der Waals surface area contributed by atoms with E-state index < -0.39 is 8.32 Å². The van der Waals surface area contributed by atoms with Crippen LogP contribution in [0, 0.1) is 0 Å². The van der Waals surface area contributed by atoms with Crippen LogP contribution in [-0.4, -0.2) is 39.6 Å². The molecule has 0 saturated carbocycles. The van der Waals surface area contributed by atoms with Crippen molar-refractivity contribution >= 4 is 20.3 Å². The molecule has 0 aromatic heterocycles. The zero-order chi connectivity index (χ0) is 22.2. The third kappa shape index (κ3) is 8.31. The first-order valence-electron chi connectivity index (χ1n) is 10.4. The maximum Gasteiger partial charge on any atom is 0.334 e. The van der Waals surface area contributed by atoms with E-state index in [1.165, 1.54) is 0 Å². The van der Waals surface area contributed by atoms with Crippen molar-refractivity contribution in [1.29, 1.82) is 0 Å². The molecule has 1 heterocycles. The summed E-state index contributed by atoms with van der Waals surface area (Å²) < 4.78 is 16.8. The molecular weight excluding hydrogens is 384 g/mol. The lowest BCUT2D eigenvalue weighted by Crippen LogP contribution is -2.44. The molecule has 0 spiro atoms. The normalized spacial score (nSPS) is 16.3. The van der Waals surface area contributed by atoms with E-state index in [1.54, 1.807) is 13.0 Å². The fourth-order valence-corrected chi connectivity index (χ4v) is 4.21. The highest BCUT2D eigenvalue weighted by molar-refractivity contribution is 6.74. The number of hydrogen-bond donors (Lipinski definition) is 0. The number of carbonyl (C=O) groups is 2. The zero-order valence-electron chi connectivity index (χ0n) is 19.2. The molecule has 164 valence electrons. The summed E-state index contributed by atoms with van der Waals surface area (Å²) >= 11 is 0. The Hall–Kier alpha value is -1.66. The Morgan fingerprint density at radius 1 is 1.34 bits per heavy atom. The van der Waals surface area contributed by atoms with E-state index in [0.717, 1.165) is 5.57 Å². The highest BCUT2D eigenvalue weighted by Crippen LogP contribution is 2.38. The number of carbonyl (C=O) groups excluding carboxylic acids is 2. The number of ether oxygens (including phenoxy) is 2. The Labute approximate surface area is 177 Å². The van der Waals surface area contributed by atoms with Crippen LogP contribution in [0.4, 0.5) is 0 Å². The van der Waals surface area contributed by atoms with Gasteiger partial charge in [-0.1, -0.05) is 32.4 Å². The van der Waals surface area contributed by atoms with Crippen LogP contribution < -0.4 is 0 Å². The van der Waals surface area contributed by atoms with Crippen LogP contribution in [0.5, 0.6) is 0 Å². The van der Waals surface area contributed by atoms with Gasteiger partial charge >= 0.3 is 11.9 Å². The topological polar surface area (TPSA) is 61.8 Å². The van der Waals surface area contributed by atoms with Gasteiger partial charge in [0.25, 0.3) is 0 Å². The van der Waals surface area contributed by atoms with E-state index in [9.17, 15) is 9.59 Å². The molecule has 0 unspecified atom stereocenters. The minimum atomic E-state index is -2.01. The van der Waals surface area contributed by atoms with E-state index in [0.29, 0.717) is 50.0 Å². The Morgan fingerprint density at radius 2 is 2.00 bits per heavy atom. The summed E-state index contributed by atoms with van der Waals surface area (Å²) in [6.45, 7) is 19.5. The summed E-state index contributed by atoms with van der Waals surface area (Å²) in [4.78, 5) is 24.2. The smallest absolute Gasteiger partial charge is 0.334 e. The van der Waals surface area contributed by atoms with Crippen LogP contribution in [0.15, 0.2) is 35.5 Å². The lowest BCUT2D eigenvalue weighted by atomic mass is 10.0. The average molecular weight is 423 g/mol. The first kappa shape index (κ1) is 25.4. The van der Waals surface area contributed by atoms with Gasteiger partial charge in [0.2, 0.25) is 0 Å². The van der Waals surface area contributed by atoms with E-state index in [1.807, 2.05) is 13.0 Å². The summed E-state index contributed by atoms with van der Waals surface area (Å²) in [5.74, 6) is -0.585. The fourth-order valence-electron chi connectivity index (χ4n) is 2.86. The van der Waals surface area contributed by atoms with E-state index in [4.69, 9.17) is 13.9 Å². The van der Waals surface area contributed by atoms with Gasteiger partial charge < -0.3 is 13.9 Å². The van der Waals surface area contributed by atoms with Crippen molar-refractivity contribution in [1.82, 2.24) is 0 Å². The van der Waals surface area contributed by atoms with Crippen LogP contribution >= 0.6 is 0 Å². The Bertz CT molecular complexity index is 667. The van der Waals surface area contributed by atoms with Crippen molar-refractivity contribution in [3.05, 3.63) is 35.5 Å². The molecule has 0 amide bonds. The summed E-state index contributed by atoms with van der Waals surface area (Å²) in [6, 6.07) is 0. The van der Waals surface area contributed by atoms with Crippen molar-refractivity contribution in [2.75, 3.05) is 13.2 Å². The quantitative estimate of drug-likeness (QED) is 0.191. The molecule has 0 aliphatic carbocycles. The molecule has 0 fully saturated rings. The lowest BCUT2D eigenvalue weighted by Gasteiger charge is -2.39. The van der Waals surface area contributed by atoms with Crippen molar-refractivity contribution in [3.8, 4) is 0 Å². The van der Waals surface area contributed by atoms with Gasteiger partial charge in [0, 0.05) is 17.6 Å². The van der Waals surface area contributed by atoms with Gasteiger partial charge in [0.15, 0.2) is 8.32 Å². The Balaban J connectivity index is 2.97. The highest BCUT2D eigenvalue weighted by atomic mass is 28.4. The molecule has 5 nitrogen and oxygen atoms in total. The van der Waals surface area contributed by atoms with Crippen molar-refractivity contribution < 1.29 is 23.5 Å². The highest BCUT2D eigenvalue weighted by Gasteiger charge is 2.39. The molecule has 29 heavy (non-hydrogen) atoms. The fraction of sp³-hybridized carbons (Fsp3) is 0.652.